The van der Waals surface area contributed by atoms with Crippen LogP contribution >= 0.6 is 11.8 Å². The highest BCUT2D eigenvalue weighted by molar-refractivity contribution is 7.98. The van der Waals surface area contributed by atoms with Crippen LogP contribution in [-0.2, 0) is 0 Å². The van der Waals surface area contributed by atoms with Crippen LogP contribution in [0, 0.1) is 5.41 Å². The van der Waals surface area contributed by atoms with E-state index in [1.165, 1.54) is 18.6 Å². The van der Waals surface area contributed by atoms with E-state index in [9.17, 15) is 0 Å². The molecule has 1 aliphatic rings. The molecule has 12 heavy (non-hydrogen) atoms. The van der Waals surface area contributed by atoms with Gasteiger partial charge in [-0.15, -0.1) is 0 Å². The number of hydrogen-bond donors (Lipinski definition) is 1. The fourth-order valence-corrected chi connectivity index (χ4v) is 2.15. The zero-order valence-corrected chi connectivity index (χ0v) is 9.50. The minimum atomic E-state index is 0.618. The van der Waals surface area contributed by atoms with Crippen molar-refractivity contribution in [1.29, 1.82) is 0 Å². The normalized spacial score (nSPS) is 25.0. The molecule has 0 heterocycles. The monoisotopic (exact) mass is 187 g/mol. The summed E-state index contributed by atoms with van der Waals surface area (Å²) >= 11 is 1.92. The molecule has 0 aromatic rings. The molecule has 1 fully saturated rings. The SMILES string of the molecule is CSCC(C)NC(C)C1(C)CC1. The van der Waals surface area contributed by atoms with Gasteiger partial charge in [-0.25, -0.2) is 0 Å². The maximum absolute atomic E-state index is 3.66. The van der Waals surface area contributed by atoms with E-state index in [-0.39, 0.29) is 0 Å². The molecule has 0 spiro atoms. The Kier molecular flexibility index (Phi) is 3.47. The van der Waals surface area contributed by atoms with E-state index in [2.05, 4.69) is 32.3 Å². The molecule has 1 nitrogen and oxygen atoms in total. The van der Waals surface area contributed by atoms with Crippen LogP contribution < -0.4 is 5.32 Å². The quantitative estimate of drug-likeness (QED) is 0.710. The molecule has 0 aromatic heterocycles. The van der Waals surface area contributed by atoms with Crippen LogP contribution in [0.3, 0.4) is 0 Å². The molecule has 1 rings (SSSR count). The van der Waals surface area contributed by atoms with Crippen LogP contribution in [0.25, 0.3) is 0 Å². The maximum atomic E-state index is 3.66. The summed E-state index contributed by atoms with van der Waals surface area (Å²) in [5.74, 6) is 1.22. The zero-order valence-electron chi connectivity index (χ0n) is 8.68. The first-order valence-corrected chi connectivity index (χ1v) is 6.23. The van der Waals surface area contributed by atoms with Gasteiger partial charge in [0.1, 0.15) is 0 Å². The van der Waals surface area contributed by atoms with Crippen LogP contribution in [0.1, 0.15) is 33.6 Å². The summed E-state index contributed by atoms with van der Waals surface area (Å²) in [4.78, 5) is 0. The Hall–Kier alpha value is 0.310. The highest BCUT2D eigenvalue weighted by atomic mass is 32.2. The van der Waals surface area contributed by atoms with Crippen LogP contribution in [0.2, 0.25) is 0 Å². The van der Waals surface area contributed by atoms with Crippen LogP contribution in [0.4, 0.5) is 0 Å². The van der Waals surface area contributed by atoms with Crippen molar-refractivity contribution in [3.63, 3.8) is 0 Å². The van der Waals surface area contributed by atoms with Crippen molar-refractivity contribution in [3.05, 3.63) is 0 Å². The second kappa shape index (κ2) is 4.01. The molecule has 0 aromatic carbocycles. The van der Waals surface area contributed by atoms with Gasteiger partial charge in [-0.1, -0.05) is 6.92 Å². The minimum absolute atomic E-state index is 0.618. The third-order valence-corrected chi connectivity index (χ3v) is 3.87. The molecule has 2 heteroatoms. The fraction of sp³-hybridized carbons (Fsp3) is 1.00. The Morgan fingerprint density at radius 3 is 2.42 bits per heavy atom. The van der Waals surface area contributed by atoms with Crippen molar-refractivity contribution in [1.82, 2.24) is 5.32 Å². The summed E-state index contributed by atoms with van der Waals surface area (Å²) in [5, 5.41) is 3.66. The number of nitrogens with one attached hydrogen (secondary N) is 1. The molecule has 1 aliphatic carbocycles. The van der Waals surface area contributed by atoms with E-state index in [1.807, 2.05) is 11.8 Å². The first-order valence-electron chi connectivity index (χ1n) is 4.83. The lowest BCUT2D eigenvalue weighted by atomic mass is 10.0. The summed E-state index contributed by atoms with van der Waals surface area (Å²) < 4.78 is 0. The summed E-state index contributed by atoms with van der Waals surface area (Å²) in [6.45, 7) is 6.99. The molecular weight excluding hydrogens is 166 g/mol. The lowest BCUT2D eigenvalue weighted by Crippen LogP contribution is -2.40. The molecule has 0 aliphatic heterocycles. The van der Waals surface area contributed by atoms with Crippen molar-refractivity contribution in [2.75, 3.05) is 12.0 Å². The summed E-state index contributed by atoms with van der Waals surface area (Å²) in [6.07, 6.45) is 4.99. The molecule has 1 N–H and O–H groups in total. The van der Waals surface area contributed by atoms with Gasteiger partial charge in [0, 0.05) is 17.8 Å². The molecule has 0 saturated heterocycles. The van der Waals surface area contributed by atoms with E-state index in [0.717, 1.165) is 0 Å². The van der Waals surface area contributed by atoms with Crippen molar-refractivity contribution < 1.29 is 0 Å². The lowest BCUT2D eigenvalue weighted by Gasteiger charge is -2.24. The van der Waals surface area contributed by atoms with Crippen molar-refractivity contribution in [2.45, 2.75) is 45.7 Å². The van der Waals surface area contributed by atoms with Gasteiger partial charge in [-0.2, -0.15) is 11.8 Å². The van der Waals surface area contributed by atoms with Gasteiger partial charge >= 0.3 is 0 Å². The fourth-order valence-electron chi connectivity index (χ4n) is 1.56. The van der Waals surface area contributed by atoms with E-state index in [0.29, 0.717) is 17.5 Å². The van der Waals surface area contributed by atoms with Gasteiger partial charge < -0.3 is 5.32 Å². The Morgan fingerprint density at radius 1 is 1.42 bits per heavy atom. The molecule has 72 valence electrons. The average molecular weight is 187 g/mol. The predicted octanol–water partition coefficient (Wildman–Crippen LogP) is 2.52. The third-order valence-electron chi connectivity index (χ3n) is 3.04. The Labute approximate surface area is 80.7 Å². The molecule has 0 bridgehead atoms. The molecule has 0 amide bonds. The van der Waals surface area contributed by atoms with Gasteiger partial charge in [0.15, 0.2) is 0 Å². The first-order chi connectivity index (χ1) is 5.58. The van der Waals surface area contributed by atoms with Crippen molar-refractivity contribution in [3.8, 4) is 0 Å². The highest BCUT2D eigenvalue weighted by Gasteiger charge is 2.42. The largest absolute Gasteiger partial charge is 0.310 e. The zero-order chi connectivity index (χ0) is 9.19. The van der Waals surface area contributed by atoms with Crippen LogP contribution in [-0.4, -0.2) is 24.1 Å². The smallest absolute Gasteiger partial charge is 0.0132 e. The number of thioether (sulfide) groups is 1. The summed E-state index contributed by atoms with van der Waals surface area (Å²) in [6, 6.07) is 1.35. The van der Waals surface area contributed by atoms with Crippen molar-refractivity contribution in [2.24, 2.45) is 5.41 Å². The molecule has 0 radical (unpaired) electrons. The van der Waals surface area contributed by atoms with Crippen LogP contribution in [0.5, 0.6) is 0 Å². The highest BCUT2D eigenvalue weighted by Crippen LogP contribution is 2.48. The molecule has 2 atom stereocenters. The van der Waals surface area contributed by atoms with Gasteiger partial charge in [-0.05, 0) is 38.4 Å². The van der Waals surface area contributed by atoms with E-state index < -0.39 is 0 Å². The molecule has 2 unspecified atom stereocenters. The molecular formula is C10H21NS. The number of hydrogen-bond acceptors (Lipinski definition) is 2. The summed E-state index contributed by atoms with van der Waals surface area (Å²) in [5.41, 5.74) is 0.618. The second-order valence-corrected chi connectivity index (χ2v) is 5.31. The third kappa shape index (κ3) is 2.67. The van der Waals surface area contributed by atoms with Gasteiger partial charge in [0.25, 0.3) is 0 Å². The van der Waals surface area contributed by atoms with Crippen LogP contribution in [0.15, 0.2) is 0 Å². The second-order valence-electron chi connectivity index (χ2n) is 4.40. The number of rotatable bonds is 5. The topological polar surface area (TPSA) is 12.0 Å². The Balaban J connectivity index is 2.21. The van der Waals surface area contributed by atoms with E-state index in [1.54, 1.807) is 0 Å². The minimum Gasteiger partial charge on any atom is -0.310 e. The Morgan fingerprint density at radius 2 is 2.00 bits per heavy atom. The van der Waals surface area contributed by atoms with Crippen molar-refractivity contribution >= 4 is 11.8 Å². The van der Waals surface area contributed by atoms with Gasteiger partial charge in [-0.3, -0.25) is 0 Å². The average Bonchev–Trinajstić information content (AvgIpc) is 2.69. The predicted molar refractivity (Wildman–Crippen MR) is 57.8 cm³/mol. The van der Waals surface area contributed by atoms with Gasteiger partial charge in [0.05, 0.1) is 0 Å². The first kappa shape index (κ1) is 10.4. The maximum Gasteiger partial charge on any atom is 0.0132 e. The van der Waals surface area contributed by atoms with Gasteiger partial charge in [0.2, 0.25) is 0 Å². The standard InChI is InChI=1S/C10H21NS/c1-8(7-12-4)11-9(2)10(3)5-6-10/h8-9,11H,5-7H2,1-4H3. The van der Waals surface area contributed by atoms with E-state index >= 15 is 0 Å². The lowest BCUT2D eigenvalue weighted by molar-refractivity contribution is 0.358. The van der Waals surface area contributed by atoms with E-state index in [4.69, 9.17) is 0 Å². The molecule has 1 saturated carbocycles. The Bertz CT molecular complexity index is 143. The summed E-state index contributed by atoms with van der Waals surface area (Å²) in [7, 11) is 0.